The molecule has 8 heteroatoms. The van der Waals surface area contributed by atoms with Gasteiger partial charge >= 0.3 is 0 Å². The van der Waals surface area contributed by atoms with Gasteiger partial charge in [0.1, 0.15) is 5.82 Å². The third-order valence-corrected chi connectivity index (χ3v) is 3.07. The summed E-state index contributed by atoms with van der Waals surface area (Å²) in [5.74, 6) is -1.40. The van der Waals surface area contributed by atoms with Crippen molar-refractivity contribution in [2.45, 2.75) is 0 Å². The van der Waals surface area contributed by atoms with Gasteiger partial charge in [-0.05, 0) is 48.6 Å². The Kier molecular flexibility index (Phi) is 6.21. The fourth-order valence-electron chi connectivity index (χ4n) is 1.72. The fraction of sp³-hybridized carbons (Fsp3) is 0.0625. The van der Waals surface area contributed by atoms with E-state index in [4.69, 9.17) is 12.2 Å². The molecule has 4 N–H and O–H groups in total. The van der Waals surface area contributed by atoms with Crippen LogP contribution in [0.1, 0.15) is 10.4 Å². The van der Waals surface area contributed by atoms with Gasteiger partial charge in [0.05, 0.1) is 6.54 Å². The summed E-state index contributed by atoms with van der Waals surface area (Å²) in [5, 5.41) is 5.50. The van der Waals surface area contributed by atoms with Crippen molar-refractivity contribution in [2.75, 3.05) is 11.9 Å². The summed E-state index contributed by atoms with van der Waals surface area (Å²) in [6.45, 7) is -0.253. The number of rotatable bonds is 4. The van der Waals surface area contributed by atoms with E-state index in [1.807, 2.05) is 30.3 Å². The van der Waals surface area contributed by atoms with Crippen molar-refractivity contribution in [1.29, 1.82) is 0 Å². The summed E-state index contributed by atoms with van der Waals surface area (Å²) in [7, 11) is 0. The van der Waals surface area contributed by atoms with E-state index < -0.39 is 17.6 Å². The van der Waals surface area contributed by atoms with Gasteiger partial charge in [-0.2, -0.15) is 0 Å². The summed E-state index contributed by atoms with van der Waals surface area (Å²) < 4.78 is 12.8. The maximum atomic E-state index is 12.8. The molecule has 6 nitrogen and oxygen atoms in total. The number of para-hydroxylation sites is 1. The smallest absolute Gasteiger partial charge is 0.257 e. The van der Waals surface area contributed by atoms with Crippen molar-refractivity contribution < 1.29 is 14.0 Å². The van der Waals surface area contributed by atoms with Crippen LogP contribution in [0.25, 0.3) is 0 Å². The number of nitrogens with one attached hydrogen (secondary N) is 4. The van der Waals surface area contributed by atoms with E-state index in [-0.39, 0.29) is 17.2 Å². The molecule has 0 spiro atoms. The average Bonchev–Trinajstić information content (AvgIpc) is 2.59. The first-order valence-electron chi connectivity index (χ1n) is 6.99. The second-order valence-corrected chi connectivity index (χ2v) is 5.09. The first-order chi connectivity index (χ1) is 11.5. The number of halogens is 1. The quantitative estimate of drug-likeness (QED) is 0.499. The van der Waals surface area contributed by atoms with Crippen LogP contribution in [0.3, 0.4) is 0 Å². The molecular formula is C16H15FN4O2S. The summed E-state index contributed by atoms with van der Waals surface area (Å²) >= 11 is 5.02. The Labute approximate surface area is 143 Å². The molecule has 0 aliphatic heterocycles. The zero-order chi connectivity index (χ0) is 17.4. The van der Waals surface area contributed by atoms with Crippen LogP contribution < -0.4 is 21.5 Å². The summed E-state index contributed by atoms with van der Waals surface area (Å²) in [5.41, 5.74) is 5.91. The second-order valence-electron chi connectivity index (χ2n) is 4.68. The van der Waals surface area contributed by atoms with Crippen molar-refractivity contribution in [1.82, 2.24) is 16.2 Å². The third-order valence-electron chi connectivity index (χ3n) is 2.86. The van der Waals surface area contributed by atoms with Crippen molar-refractivity contribution in [2.24, 2.45) is 0 Å². The molecule has 0 unspecified atom stereocenters. The van der Waals surface area contributed by atoms with Gasteiger partial charge in [0.2, 0.25) is 0 Å². The van der Waals surface area contributed by atoms with E-state index >= 15 is 0 Å². The van der Waals surface area contributed by atoms with E-state index in [2.05, 4.69) is 21.5 Å². The monoisotopic (exact) mass is 346 g/mol. The van der Waals surface area contributed by atoms with Gasteiger partial charge in [0.15, 0.2) is 5.11 Å². The molecule has 0 saturated carbocycles. The molecule has 0 heterocycles. The van der Waals surface area contributed by atoms with Crippen LogP contribution >= 0.6 is 12.2 Å². The second kappa shape index (κ2) is 8.59. The Hall–Kier alpha value is -3.00. The maximum Gasteiger partial charge on any atom is 0.257 e. The molecule has 0 saturated heterocycles. The number of hydrogen-bond acceptors (Lipinski definition) is 3. The topological polar surface area (TPSA) is 82.3 Å². The SMILES string of the molecule is O=C(CNC(=O)c1ccc(F)cc1)NNC(=S)Nc1ccccc1. The molecule has 0 aliphatic rings. The van der Waals surface area contributed by atoms with Crippen LogP contribution in [-0.4, -0.2) is 23.5 Å². The molecule has 0 aliphatic carbocycles. The van der Waals surface area contributed by atoms with Crippen LogP contribution in [0, 0.1) is 5.82 Å². The van der Waals surface area contributed by atoms with Crippen molar-refractivity contribution in [3.8, 4) is 0 Å². The molecule has 2 aromatic carbocycles. The number of thiocarbonyl (C=S) groups is 1. The number of anilines is 1. The highest BCUT2D eigenvalue weighted by molar-refractivity contribution is 7.80. The van der Waals surface area contributed by atoms with Crippen LogP contribution in [0.15, 0.2) is 54.6 Å². The number of hydrogen-bond donors (Lipinski definition) is 4. The van der Waals surface area contributed by atoms with Crippen molar-refractivity contribution in [3.63, 3.8) is 0 Å². The lowest BCUT2D eigenvalue weighted by molar-refractivity contribution is -0.120. The lowest BCUT2D eigenvalue weighted by Gasteiger charge is -2.12. The molecule has 2 amide bonds. The van der Waals surface area contributed by atoms with Crippen molar-refractivity contribution in [3.05, 3.63) is 66.0 Å². The van der Waals surface area contributed by atoms with E-state index in [1.54, 1.807) is 0 Å². The Bertz CT molecular complexity index is 723. The largest absolute Gasteiger partial charge is 0.343 e. The highest BCUT2D eigenvalue weighted by Gasteiger charge is 2.08. The minimum atomic E-state index is -0.484. The van der Waals surface area contributed by atoms with Crippen LogP contribution in [-0.2, 0) is 4.79 Å². The Morgan fingerprint density at radius 2 is 1.62 bits per heavy atom. The zero-order valence-corrected chi connectivity index (χ0v) is 13.3. The molecule has 24 heavy (non-hydrogen) atoms. The first kappa shape index (κ1) is 17.4. The van der Waals surface area contributed by atoms with E-state index in [0.29, 0.717) is 0 Å². The summed E-state index contributed by atoms with van der Waals surface area (Å²) in [4.78, 5) is 23.4. The van der Waals surface area contributed by atoms with Gasteiger partial charge in [0, 0.05) is 11.3 Å². The highest BCUT2D eigenvalue weighted by atomic mass is 32.1. The van der Waals surface area contributed by atoms with Crippen LogP contribution in [0.4, 0.5) is 10.1 Å². The number of carbonyl (C=O) groups is 2. The van der Waals surface area contributed by atoms with Gasteiger partial charge in [-0.25, -0.2) is 4.39 Å². The third kappa shape index (κ3) is 5.65. The lowest BCUT2D eigenvalue weighted by atomic mass is 10.2. The summed E-state index contributed by atoms with van der Waals surface area (Å²) in [6, 6.07) is 14.2. The van der Waals surface area contributed by atoms with E-state index in [1.165, 1.54) is 24.3 Å². The highest BCUT2D eigenvalue weighted by Crippen LogP contribution is 2.04. The van der Waals surface area contributed by atoms with Crippen LogP contribution in [0.5, 0.6) is 0 Å². The minimum absolute atomic E-state index is 0.208. The molecule has 124 valence electrons. The number of benzene rings is 2. The fourth-order valence-corrected chi connectivity index (χ4v) is 1.89. The standard InChI is InChI=1S/C16H15FN4O2S/c17-12-8-6-11(7-9-12)15(23)18-10-14(22)20-21-16(24)19-13-4-2-1-3-5-13/h1-9H,10H2,(H,18,23)(H,20,22)(H2,19,21,24). The number of amides is 2. The van der Waals surface area contributed by atoms with Crippen LogP contribution in [0.2, 0.25) is 0 Å². The molecule has 2 aromatic rings. The Morgan fingerprint density at radius 3 is 2.29 bits per heavy atom. The molecule has 0 fully saturated rings. The first-order valence-corrected chi connectivity index (χ1v) is 7.40. The van der Waals surface area contributed by atoms with Crippen molar-refractivity contribution >= 4 is 34.8 Å². The molecule has 0 atom stereocenters. The summed E-state index contributed by atoms with van der Waals surface area (Å²) in [6.07, 6.45) is 0. The van der Waals surface area contributed by atoms with E-state index in [0.717, 1.165) is 5.69 Å². The van der Waals surface area contributed by atoms with Gasteiger partial charge < -0.3 is 10.6 Å². The average molecular weight is 346 g/mol. The van der Waals surface area contributed by atoms with Gasteiger partial charge in [-0.1, -0.05) is 18.2 Å². The molecule has 2 rings (SSSR count). The molecule has 0 radical (unpaired) electrons. The van der Waals surface area contributed by atoms with E-state index in [9.17, 15) is 14.0 Å². The predicted molar refractivity (Wildman–Crippen MR) is 92.7 cm³/mol. The van der Waals surface area contributed by atoms with Gasteiger partial charge in [0.25, 0.3) is 11.8 Å². The minimum Gasteiger partial charge on any atom is -0.343 e. The maximum absolute atomic E-state index is 12.8. The normalized spacial score (nSPS) is 9.71. The predicted octanol–water partition coefficient (Wildman–Crippen LogP) is 1.57. The van der Waals surface area contributed by atoms with Gasteiger partial charge in [-0.3, -0.25) is 20.4 Å². The zero-order valence-electron chi connectivity index (χ0n) is 12.5. The number of carbonyl (C=O) groups excluding carboxylic acids is 2. The van der Waals surface area contributed by atoms with Gasteiger partial charge in [-0.15, -0.1) is 0 Å². The molecular weight excluding hydrogens is 331 g/mol. The number of hydrazine groups is 1. The Morgan fingerprint density at radius 1 is 0.958 bits per heavy atom. The molecule has 0 bridgehead atoms. The Balaban J connectivity index is 1.70. The lowest BCUT2D eigenvalue weighted by Crippen LogP contribution is -2.47. The molecule has 0 aromatic heterocycles.